The summed E-state index contributed by atoms with van der Waals surface area (Å²) in [6, 6.07) is 14.6. The molecule has 152 valence electrons. The van der Waals surface area contributed by atoms with Crippen LogP contribution in [-0.4, -0.2) is 17.1 Å². The number of nitrogens with zero attached hydrogens (tertiary/aromatic N) is 2. The minimum absolute atomic E-state index is 0.199. The lowest BCUT2D eigenvalue weighted by Gasteiger charge is -2.24. The number of benzene rings is 2. The Hall–Kier alpha value is -3.32. The average Bonchev–Trinajstić information content (AvgIpc) is 3.03. The van der Waals surface area contributed by atoms with Crippen molar-refractivity contribution in [2.24, 2.45) is 4.99 Å². The summed E-state index contributed by atoms with van der Waals surface area (Å²) in [5.74, 6) is -0.931. The van der Waals surface area contributed by atoms with Gasteiger partial charge in [0.2, 0.25) is 0 Å². The number of hydrogen-bond acceptors (Lipinski definition) is 5. The lowest BCUT2D eigenvalue weighted by molar-refractivity contribution is -0.139. The summed E-state index contributed by atoms with van der Waals surface area (Å²) in [6.45, 7) is 3.64. The molecule has 0 bridgehead atoms. The summed E-state index contributed by atoms with van der Waals surface area (Å²) in [5, 5.41) is 0. The molecule has 0 fully saturated rings. The fourth-order valence-electron chi connectivity index (χ4n) is 3.45. The highest BCUT2D eigenvalue weighted by atomic mass is 32.1. The number of thiazole rings is 1. The molecule has 2 aromatic carbocycles. The molecule has 0 aliphatic carbocycles. The van der Waals surface area contributed by atoms with Crippen LogP contribution in [0.5, 0.6) is 0 Å². The number of fused-ring (bicyclic) bond motifs is 1. The molecule has 1 aliphatic heterocycles. The molecule has 0 spiro atoms. The van der Waals surface area contributed by atoms with Gasteiger partial charge >= 0.3 is 5.97 Å². The van der Waals surface area contributed by atoms with Crippen molar-refractivity contribution in [3.63, 3.8) is 0 Å². The van der Waals surface area contributed by atoms with E-state index in [-0.39, 0.29) is 17.7 Å². The molecule has 5 nitrogen and oxygen atoms in total. The first-order valence-electron chi connectivity index (χ1n) is 9.49. The molecule has 3 aromatic rings. The number of allylic oxidation sites excluding steroid dienone is 1. The first kappa shape index (κ1) is 20.0. The summed E-state index contributed by atoms with van der Waals surface area (Å²) >= 11 is 1.26. The van der Waals surface area contributed by atoms with Gasteiger partial charge in [-0.05, 0) is 43.2 Å². The number of aromatic nitrogens is 1. The van der Waals surface area contributed by atoms with Gasteiger partial charge in [0.1, 0.15) is 5.82 Å². The second-order valence-electron chi connectivity index (χ2n) is 6.76. The molecule has 0 saturated carbocycles. The third kappa shape index (κ3) is 3.64. The van der Waals surface area contributed by atoms with Crippen molar-refractivity contribution in [1.82, 2.24) is 4.57 Å². The molecule has 1 aromatic heterocycles. The van der Waals surface area contributed by atoms with Gasteiger partial charge in [-0.2, -0.15) is 0 Å². The van der Waals surface area contributed by atoms with E-state index < -0.39 is 17.8 Å². The first-order valence-corrected chi connectivity index (χ1v) is 10.3. The van der Waals surface area contributed by atoms with E-state index in [0.717, 1.165) is 5.56 Å². The van der Waals surface area contributed by atoms with Crippen molar-refractivity contribution < 1.29 is 13.9 Å². The van der Waals surface area contributed by atoms with Crippen LogP contribution < -0.4 is 14.9 Å². The van der Waals surface area contributed by atoms with Gasteiger partial charge in [0.15, 0.2) is 4.80 Å². The number of hydrogen-bond donors (Lipinski definition) is 0. The van der Waals surface area contributed by atoms with E-state index in [9.17, 15) is 14.0 Å². The fourth-order valence-corrected chi connectivity index (χ4v) is 4.50. The Morgan fingerprint density at radius 1 is 1.20 bits per heavy atom. The zero-order valence-electron chi connectivity index (χ0n) is 16.5. The van der Waals surface area contributed by atoms with Crippen molar-refractivity contribution in [3.8, 4) is 0 Å². The van der Waals surface area contributed by atoms with Crippen molar-refractivity contribution in [3.05, 3.63) is 102 Å². The molecule has 1 atom stereocenters. The molecule has 0 saturated heterocycles. The van der Waals surface area contributed by atoms with Crippen molar-refractivity contribution in [2.45, 2.75) is 19.9 Å². The van der Waals surface area contributed by atoms with Crippen LogP contribution in [0, 0.1) is 5.82 Å². The van der Waals surface area contributed by atoms with E-state index in [1.54, 1.807) is 32.1 Å². The number of carbonyl (C=O) groups is 1. The van der Waals surface area contributed by atoms with Crippen LogP contribution in [0.2, 0.25) is 0 Å². The molecule has 0 radical (unpaired) electrons. The molecular formula is C23H19FN2O3S. The van der Waals surface area contributed by atoms with Crippen LogP contribution in [0.15, 0.2) is 75.7 Å². The second-order valence-corrected chi connectivity index (χ2v) is 7.77. The summed E-state index contributed by atoms with van der Waals surface area (Å²) < 4.78 is 20.8. The molecule has 2 heterocycles. The van der Waals surface area contributed by atoms with Crippen LogP contribution in [0.1, 0.15) is 31.0 Å². The maximum absolute atomic E-state index is 13.5. The van der Waals surface area contributed by atoms with E-state index in [1.165, 1.54) is 28.0 Å². The van der Waals surface area contributed by atoms with Crippen LogP contribution in [0.3, 0.4) is 0 Å². The highest BCUT2D eigenvalue weighted by molar-refractivity contribution is 7.07. The van der Waals surface area contributed by atoms with E-state index in [4.69, 9.17) is 4.74 Å². The molecule has 1 aliphatic rings. The normalized spacial score (nSPS) is 16.2. The predicted molar refractivity (Wildman–Crippen MR) is 113 cm³/mol. The average molecular weight is 422 g/mol. The number of rotatable bonds is 4. The lowest BCUT2D eigenvalue weighted by atomic mass is 9.96. The van der Waals surface area contributed by atoms with E-state index in [1.807, 2.05) is 30.3 Å². The SMILES string of the molecule is CCOC(=O)C1=C(C)N=c2sc(=Cc3ccccc3)c(=O)n2C1c1ccc(F)cc1. The minimum Gasteiger partial charge on any atom is -0.463 e. The van der Waals surface area contributed by atoms with Crippen LogP contribution in [0.4, 0.5) is 4.39 Å². The molecule has 30 heavy (non-hydrogen) atoms. The molecule has 0 N–H and O–H groups in total. The molecule has 0 amide bonds. The maximum atomic E-state index is 13.5. The van der Waals surface area contributed by atoms with Gasteiger partial charge in [0.05, 0.1) is 28.5 Å². The van der Waals surface area contributed by atoms with Gasteiger partial charge in [-0.1, -0.05) is 53.8 Å². The molecule has 1 unspecified atom stereocenters. The van der Waals surface area contributed by atoms with Crippen LogP contribution in [-0.2, 0) is 9.53 Å². The predicted octanol–water partition coefficient (Wildman–Crippen LogP) is 2.94. The monoisotopic (exact) mass is 422 g/mol. The van der Waals surface area contributed by atoms with Gasteiger partial charge in [-0.15, -0.1) is 0 Å². The van der Waals surface area contributed by atoms with E-state index in [2.05, 4.69) is 4.99 Å². The minimum atomic E-state index is -0.737. The first-order chi connectivity index (χ1) is 14.5. The third-order valence-electron chi connectivity index (χ3n) is 4.80. The highest BCUT2D eigenvalue weighted by Gasteiger charge is 2.33. The summed E-state index contributed by atoms with van der Waals surface area (Å²) in [5.41, 5.74) is 2.01. The van der Waals surface area contributed by atoms with Crippen LogP contribution >= 0.6 is 11.3 Å². The fraction of sp³-hybridized carbons (Fsp3) is 0.174. The summed E-state index contributed by atoms with van der Waals surface area (Å²) in [4.78, 5) is 31.1. The van der Waals surface area contributed by atoms with E-state index in [0.29, 0.717) is 20.6 Å². The van der Waals surface area contributed by atoms with Crippen molar-refractivity contribution >= 4 is 23.4 Å². The number of carbonyl (C=O) groups excluding carboxylic acids is 1. The van der Waals surface area contributed by atoms with E-state index >= 15 is 0 Å². The van der Waals surface area contributed by atoms with Crippen LogP contribution in [0.25, 0.3) is 6.08 Å². The molecular weight excluding hydrogens is 403 g/mol. The summed E-state index contributed by atoms with van der Waals surface area (Å²) in [6.07, 6.45) is 1.80. The van der Waals surface area contributed by atoms with Gasteiger partial charge in [-0.25, -0.2) is 14.2 Å². The Kier molecular flexibility index (Phi) is 5.46. The number of halogens is 1. The quantitative estimate of drug-likeness (QED) is 0.608. The second kappa shape index (κ2) is 8.20. The Morgan fingerprint density at radius 3 is 2.57 bits per heavy atom. The maximum Gasteiger partial charge on any atom is 0.338 e. The number of ether oxygens (including phenoxy) is 1. The molecule has 7 heteroatoms. The Morgan fingerprint density at radius 2 is 1.90 bits per heavy atom. The lowest BCUT2D eigenvalue weighted by Crippen LogP contribution is -2.39. The smallest absolute Gasteiger partial charge is 0.338 e. The highest BCUT2D eigenvalue weighted by Crippen LogP contribution is 2.30. The third-order valence-corrected chi connectivity index (χ3v) is 5.78. The van der Waals surface area contributed by atoms with Gasteiger partial charge < -0.3 is 4.74 Å². The van der Waals surface area contributed by atoms with Gasteiger partial charge in [-0.3, -0.25) is 9.36 Å². The Balaban J connectivity index is 1.96. The standard InChI is InChI=1S/C23H19FN2O3S/c1-3-29-22(28)19-14(2)25-23-26(20(19)16-9-11-17(24)12-10-16)21(27)18(30-23)13-15-7-5-4-6-8-15/h4-13,20H,3H2,1-2H3. The van der Waals surface area contributed by atoms with Gasteiger partial charge in [0, 0.05) is 0 Å². The zero-order valence-corrected chi connectivity index (χ0v) is 17.3. The Labute approximate surface area is 176 Å². The Bertz CT molecular complexity index is 1310. The number of esters is 1. The van der Waals surface area contributed by atoms with Crippen molar-refractivity contribution in [1.29, 1.82) is 0 Å². The summed E-state index contributed by atoms with van der Waals surface area (Å²) in [7, 11) is 0. The zero-order chi connectivity index (χ0) is 21.3. The topological polar surface area (TPSA) is 60.7 Å². The largest absolute Gasteiger partial charge is 0.463 e. The molecule has 4 rings (SSSR count). The van der Waals surface area contributed by atoms with Crippen molar-refractivity contribution in [2.75, 3.05) is 6.61 Å². The van der Waals surface area contributed by atoms with Gasteiger partial charge in [0.25, 0.3) is 5.56 Å².